The minimum absolute atomic E-state index is 0.238. The molecule has 124 valence electrons. The summed E-state index contributed by atoms with van der Waals surface area (Å²) >= 11 is 0. The first-order valence-electron chi connectivity index (χ1n) is 7.62. The fourth-order valence-electron chi connectivity index (χ4n) is 2.46. The Kier molecular flexibility index (Phi) is 5.00. The van der Waals surface area contributed by atoms with Crippen LogP contribution in [0.5, 0.6) is 0 Å². The predicted octanol–water partition coefficient (Wildman–Crippen LogP) is 1.72. The van der Waals surface area contributed by atoms with E-state index in [-0.39, 0.29) is 5.91 Å². The van der Waals surface area contributed by atoms with Crippen LogP contribution in [0.4, 0.5) is 0 Å². The van der Waals surface area contributed by atoms with Gasteiger partial charge < -0.3 is 5.32 Å². The van der Waals surface area contributed by atoms with E-state index in [1.54, 1.807) is 29.9 Å². The fraction of sp³-hybridized carbons (Fsp3) is 0.235. The topological polar surface area (TPSA) is 76.4 Å². The molecule has 1 atom stereocenters. The van der Waals surface area contributed by atoms with E-state index in [0.29, 0.717) is 35.0 Å². The van der Waals surface area contributed by atoms with Gasteiger partial charge in [-0.3, -0.25) is 9.00 Å². The van der Waals surface area contributed by atoms with E-state index < -0.39 is 10.8 Å². The van der Waals surface area contributed by atoms with Crippen LogP contribution < -0.4 is 5.32 Å². The average Bonchev–Trinajstić information content (AvgIpc) is 2.91. The summed E-state index contributed by atoms with van der Waals surface area (Å²) < 4.78 is 13.7. The molecule has 1 amide bonds. The number of aromatic nitrogens is 3. The van der Waals surface area contributed by atoms with Crippen molar-refractivity contribution in [1.82, 2.24) is 19.9 Å². The number of rotatable bonds is 6. The van der Waals surface area contributed by atoms with Gasteiger partial charge in [-0.1, -0.05) is 30.3 Å². The summed E-state index contributed by atoms with van der Waals surface area (Å²) in [6.07, 6.45) is 3.38. The zero-order valence-electron chi connectivity index (χ0n) is 13.3. The zero-order valence-corrected chi connectivity index (χ0v) is 14.1. The van der Waals surface area contributed by atoms with Crippen molar-refractivity contribution in [2.75, 3.05) is 12.3 Å². The van der Waals surface area contributed by atoms with E-state index in [4.69, 9.17) is 0 Å². The molecule has 0 radical (unpaired) electrons. The lowest BCUT2D eigenvalue weighted by Gasteiger charge is -2.05. The Morgan fingerprint density at radius 3 is 2.83 bits per heavy atom. The summed E-state index contributed by atoms with van der Waals surface area (Å²) in [6.45, 7) is 2.12. The third-order valence-electron chi connectivity index (χ3n) is 3.58. The Morgan fingerprint density at radius 1 is 1.25 bits per heavy atom. The van der Waals surface area contributed by atoms with Crippen molar-refractivity contribution in [2.45, 2.75) is 12.7 Å². The Hall–Kier alpha value is -2.54. The summed E-state index contributed by atoms with van der Waals surface area (Å²) in [4.78, 5) is 16.6. The van der Waals surface area contributed by atoms with Crippen molar-refractivity contribution < 1.29 is 9.00 Å². The monoisotopic (exact) mass is 342 g/mol. The number of nitrogens with one attached hydrogen (secondary N) is 1. The second-order valence-corrected chi connectivity index (χ2v) is 6.95. The van der Waals surface area contributed by atoms with Crippen molar-refractivity contribution in [2.24, 2.45) is 0 Å². The third kappa shape index (κ3) is 3.68. The van der Waals surface area contributed by atoms with E-state index in [0.717, 1.165) is 5.56 Å². The van der Waals surface area contributed by atoms with Crippen molar-refractivity contribution in [3.63, 3.8) is 0 Å². The van der Waals surface area contributed by atoms with Crippen LogP contribution in [0.25, 0.3) is 5.65 Å². The molecule has 1 aromatic carbocycles. The molecule has 0 fully saturated rings. The van der Waals surface area contributed by atoms with E-state index >= 15 is 0 Å². The van der Waals surface area contributed by atoms with Crippen molar-refractivity contribution in [1.29, 1.82) is 0 Å². The first kappa shape index (κ1) is 16.3. The highest BCUT2D eigenvalue weighted by molar-refractivity contribution is 7.84. The van der Waals surface area contributed by atoms with Gasteiger partial charge in [0.2, 0.25) is 0 Å². The number of nitrogens with zero attached hydrogens (tertiary/aromatic N) is 3. The number of carbonyl (C=O) groups excluding carboxylic acids is 1. The molecule has 6 nitrogen and oxygen atoms in total. The van der Waals surface area contributed by atoms with Crippen LogP contribution in [0.3, 0.4) is 0 Å². The maximum Gasteiger partial charge on any atom is 0.257 e. The predicted molar refractivity (Wildman–Crippen MR) is 93.2 cm³/mol. The van der Waals surface area contributed by atoms with Crippen LogP contribution in [0, 0.1) is 6.92 Å². The van der Waals surface area contributed by atoms with Gasteiger partial charge in [0.05, 0.1) is 5.69 Å². The van der Waals surface area contributed by atoms with Gasteiger partial charge in [0.25, 0.3) is 5.91 Å². The van der Waals surface area contributed by atoms with E-state index in [9.17, 15) is 9.00 Å². The summed E-state index contributed by atoms with van der Waals surface area (Å²) in [7, 11) is -1.02. The Bertz CT molecular complexity index is 877. The van der Waals surface area contributed by atoms with Crippen LogP contribution in [-0.4, -0.2) is 37.0 Å². The molecule has 0 unspecified atom stereocenters. The number of hydrogen-bond donors (Lipinski definition) is 1. The summed E-state index contributed by atoms with van der Waals surface area (Å²) in [5.74, 6) is 0.665. The molecule has 24 heavy (non-hydrogen) atoms. The summed E-state index contributed by atoms with van der Waals surface area (Å²) in [5, 5.41) is 7.08. The van der Waals surface area contributed by atoms with Crippen LogP contribution in [0.2, 0.25) is 0 Å². The Labute approximate surface area is 142 Å². The fourth-order valence-corrected chi connectivity index (χ4v) is 3.50. The van der Waals surface area contributed by atoms with Gasteiger partial charge in [-0.25, -0.2) is 9.50 Å². The van der Waals surface area contributed by atoms with Gasteiger partial charge in [0.1, 0.15) is 5.56 Å². The normalized spacial score (nSPS) is 12.2. The summed E-state index contributed by atoms with van der Waals surface area (Å²) in [5.41, 5.74) is 2.64. The highest BCUT2D eigenvalue weighted by atomic mass is 32.2. The molecule has 0 saturated heterocycles. The van der Waals surface area contributed by atoms with Gasteiger partial charge >= 0.3 is 0 Å². The molecular weight excluding hydrogens is 324 g/mol. The molecule has 1 N–H and O–H groups in total. The second kappa shape index (κ2) is 7.35. The average molecular weight is 342 g/mol. The van der Waals surface area contributed by atoms with Crippen LogP contribution >= 0.6 is 0 Å². The highest BCUT2D eigenvalue weighted by Gasteiger charge is 2.17. The van der Waals surface area contributed by atoms with Crippen LogP contribution in [-0.2, 0) is 16.6 Å². The Balaban J connectivity index is 1.57. The SMILES string of the molecule is Cc1nn2cccnc2c1C(=O)NCC[S@@](=O)Cc1ccccc1. The lowest BCUT2D eigenvalue weighted by Crippen LogP contribution is -2.28. The first-order valence-corrected chi connectivity index (χ1v) is 9.11. The lowest BCUT2D eigenvalue weighted by molar-refractivity contribution is 0.0957. The van der Waals surface area contributed by atoms with Crippen molar-refractivity contribution in [3.8, 4) is 0 Å². The van der Waals surface area contributed by atoms with E-state index in [2.05, 4.69) is 15.4 Å². The quantitative estimate of drug-likeness (QED) is 0.740. The standard InChI is InChI=1S/C17H18N4O2S/c1-13-15(16-18-8-5-10-21(16)20-13)17(22)19-9-11-24(23)12-14-6-3-2-4-7-14/h2-8,10H,9,11-12H2,1H3,(H,19,22)/t24-/m1/s1. The molecular formula is C17H18N4O2S. The minimum atomic E-state index is -1.02. The zero-order chi connectivity index (χ0) is 16.9. The lowest BCUT2D eigenvalue weighted by atomic mass is 10.2. The van der Waals surface area contributed by atoms with Crippen molar-refractivity contribution >= 4 is 22.4 Å². The van der Waals surface area contributed by atoms with Gasteiger partial charge in [-0.05, 0) is 18.6 Å². The number of hydrogen-bond acceptors (Lipinski definition) is 4. The Morgan fingerprint density at radius 2 is 2.04 bits per heavy atom. The molecule has 7 heteroatoms. The summed E-state index contributed by atoms with van der Waals surface area (Å²) in [6, 6.07) is 11.4. The van der Waals surface area contributed by atoms with Crippen molar-refractivity contribution in [3.05, 3.63) is 65.6 Å². The van der Waals surface area contributed by atoms with Gasteiger partial charge in [0.15, 0.2) is 5.65 Å². The smallest absolute Gasteiger partial charge is 0.257 e. The molecule has 3 aromatic rings. The maximum atomic E-state index is 12.4. The molecule has 3 rings (SSSR count). The largest absolute Gasteiger partial charge is 0.351 e. The van der Waals surface area contributed by atoms with Crippen LogP contribution in [0.15, 0.2) is 48.8 Å². The molecule has 0 aliphatic heterocycles. The van der Waals surface area contributed by atoms with Gasteiger partial charge in [-0.2, -0.15) is 5.10 Å². The molecule has 0 aliphatic rings. The van der Waals surface area contributed by atoms with Crippen LogP contribution in [0.1, 0.15) is 21.6 Å². The van der Waals surface area contributed by atoms with Gasteiger partial charge in [0, 0.05) is 41.2 Å². The maximum absolute atomic E-state index is 12.4. The molecule has 2 aromatic heterocycles. The number of fused-ring (bicyclic) bond motifs is 1. The first-order chi connectivity index (χ1) is 11.6. The number of amides is 1. The third-order valence-corrected chi connectivity index (χ3v) is 4.90. The van der Waals surface area contributed by atoms with Gasteiger partial charge in [-0.15, -0.1) is 0 Å². The van der Waals surface area contributed by atoms with E-state index in [1.807, 2.05) is 30.3 Å². The molecule has 0 saturated carbocycles. The number of aryl methyl sites for hydroxylation is 1. The molecule has 0 bridgehead atoms. The molecule has 0 aliphatic carbocycles. The van der Waals surface area contributed by atoms with E-state index in [1.165, 1.54) is 0 Å². The second-order valence-electron chi connectivity index (χ2n) is 5.38. The highest BCUT2D eigenvalue weighted by Crippen LogP contribution is 2.12. The molecule has 2 heterocycles. The minimum Gasteiger partial charge on any atom is -0.351 e. The molecule has 0 spiro atoms. The number of benzene rings is 1. The number of carbonyl (C=O) groups is 1.